The molecule has 2 aliphatic rings. The second-order valence-electron chi connectivity index (χ2n) is 5.82. The predicted molar refractivity (Wildman–Crippen MR) is 72.9 cm³/mol. The summed E-state index contributed by atoms with van der Waals surface area (Å²) in [6, 6.07) is 3.88. The van der Waals surface area contributed by atoms with Crippen molar-refractivity contribution in [1.29, 1.82) is 0 Å². The van der Waals surface area contributed by atoms with E-state index in [1.54, 1.807) is 0 Å². The maximum absolute atomic E-state index is 13.1. The highest BCUT2D eigenvalue weighted by Gasteiger charge is 2.51. The number of fused-ring (bicyclic) bond motifs is 2. The van der Waals surface area contributed by atoms with E-state index in [0.717, 1.165) is 25.3 Å². The van der Waals surface area contributed by atoms with E-state index in [9.17, 15) is 19.1 Å². The second-order valence-corrected chi connectivity index (χ2v) is 6.23. The molecular formula is C15H14ClFNO3-. The highest BCUT2D eigenvalue weighted by molar-refractivity contribution is 6.31. The highest BCUT2D eigenvalue weighted by atomic mass is 35.5. The van der Waals surface area contributed by atoms with Crippen LogP contribution in [-0.2, 0) is 9.59 Å². The largest absolute Gasteiger partial charge is 0.550 e. The van der Waals surface area contributed by atoms with E-state index in [1.807, 2.05) is 0 Å². The van der Waals surface area contributed by atoms with Crippen molar-refractivity contribution >= 4 is 29.2 Å². The van der Waals surface area contributed by atoms with Crippen LogP contribution in [0.25, 0.3) is 0 Å². The molecule has 1 aromatic carbocycles. The summed E-state index contributed by atoms with van der Waals surface area (Å²) in [5.41, 5.74) is 0.367. The van der Waals surface area contributed by atoms with Gasteiger partial charge in [-0.05, 0) is 49.3 Å². The van der Waals surface area contributed by atoms with Gasteiger partial charge in [-0.1, -0.05) is 11.6 Å². The van der Waals surface area contributed by atoms with Crippen molar-refractivity contribution in [2.75, 3.05) is 5.32 Å². The van der Waals surface area contributed by atoms with Gasteiger partial charge >= 0.3 is 0 Å². The number of carbonyl (C=O) groups is 2. The van der Waals surface area contributed by atoms with Gasteiger partial charge in [0.1, 0.15) is 5.82 Å². The molecular weight excluding hydrogens is 297 g/mol. The van der Waals surface area contributed by atoms with Gasteiger partial charge in [-0.15, -0.1) is 0 Å². The number of halogens is 2. The molecule has 2 saturated carbocycles. The second kappa shape index (κ2) is 5.30. The molecule has 0 aliphatic heterocycles. The number of carbonyl (C=O) groups excluding carboxylic acids is 2. The summed E-state index contributed by atoms with van der Waals surface area (Å²) in [6.45, 7) is 0. The van der Waals surface area contributed by atoms with Crippen LogP contribution in [0.1, 0.15) is 19.3 Å². The van der Waals surface area contributed by atoms with Gasteiger partial charge in [-0.3, -0.25) is 4.79 Å². The molecule has 1 N–H and O–H groups in total. The Morgan fingerprint density at radius 2 is 1.90 bits per heavy atom. The van der Waals surface area contributed by atoms with Crippen LogP contribution in [0.4, 0.5) is 10.1 Å². The van der Waals surface area contributed by atoms with E-state index in [-0.39, 0.29) is 22.8 Å². The zero-order chi connectivity index (χ0) is 15.1. The minimum absolute atomic E-state index is 0.0348. The number of carboxylic acids is 1. The number of aliphatic carboxylic acids is 1. The number of nitrogens with one attached hydrogen (secondary N) is 1. The maximum Gasteiger partial charge on any atom is 0.228 e. The fourth-order valence-corrected chi connectivity index (χ4v) is 3.99. The van der Waals surface area contributed by atoms with E-state index in [0.29, 0.717) is 5.69 Å². The van der Waals surface area contributed by atoms with Crippen molar-refractivity contribution in [3.8, 4) is 0 Å². The Morgan fingerprint density at radius 3 is 2.52 bits per heavy atom. The fourth-order valence-electron chi connectivity index (χ4n) is 3.81. The normalized spacial score (nSPS) is 30.4. The Bertz CT molecular complexity index is 607. The number of rotatable bonds is 3. The summed E-state index contributed by atoms with van der Waals surface area (Å²) in [5.74, 6) is -3.24. The van der Waals surface area contributed by atoms with Gasteiger partial charge in [-0.2, -0.15) is 0 Å². The first-order valence-corrected chi connectivity index (χ1v) is 7.32. The van der Waals surface area contributed by atoms with Gasteiger partial charge in [-0.25, -0.2) is 4.39 Å². The molecule has 0 spiro atoms. The molecule has 0 saturated heterocycles. The van der Waals surface area contributed by atoms with Gasteiger partial charge in [0.15, 0.2) is 0 Å². The van der Waals surface area contributed by atoms with Crippen molar-refractivity contribution in [1.82, 2.24) is 0 Å². The monoisotopic (exact) mass is 310 g/mol. The Labute approximate surface area is 126 Å². The number of hydrogen-bond acceptors (Lipinski definition) is 3. The van der Waals surface area contributed by atoms with Crippen LogP contribution < -0.4 is 10.4 Å². The summed E-state index contributed by atoms with van der Waals surface area (Å²) in [5, 5.41) is 13.9. The summed E-state index contributed by atoms with van der Waals surface area (Å²) >= 11 is 5.67. The third kappa shape index (κ3) is 2.50. The van der Waals surface area contributed by atoms with Crippen molar-refractivity contribution in [3.63, 3.8) is 0 Å². The maximum atomic E-state index is 13.1. The fraction of sp³-hybridized carbons (Fsp3) is 0.467. The first-order valence-electron chi connectivity index (χ1n) is 6.94. The molecule has 2 bridgehead atoms. The average Bonchev–Trinajstić information content (AvgIpc) is 3.03. The van der Waals surface area contributed by atoms with E-state index < -0.39 is 23.6 Å². The quantitative estimate of drug-likeness (QED) is 0.926. The summed E-state index contributed by atoms with van der Waals surface area (Å²) in [6.07, 6.45) is 2.48. The topological polar surface area (TPSA) is 69.2 Å². The van der Waals surface area contributed by atoms with Crippen LogP contribution in [0.2, 0.25) is 5.02 Å². The first-order chi connectivity index (χ1) is 9.97. The molecule has 3 rings (SSSR count). The van der Waals surface area contributed by atoms with Gasteiger partial charge < -0.3 is 15.2 Å². The lowest BCUT2D eigenvalue weighted by Gasteiger charge is -2.30. The SMILES string of the molecule is O=C(Nc1ccc(F)c(Cl)c1)[C@@H]1[C@@H]2CC[C@@H](C2)[C@@H]1C(=O)[O-]. The van der Waals surface area contributed by atoms with E-state index in [2.05, 4.69) is 5.32 Å². The number of hydrogen-bond donors (Lipinski definition) is 1. The number of carboxylic acid groups (broad SMARTS) is 1. The van der Waals surface area contributed by atoms with Crippen LogP contribution in [0.5, 0.6) is 0 Å². The Balaban J connectivity index is 1.78. The highest BCUT2D eigenvalue weighted by Crippen LogP contribution is 2.52. The molecule has 0 aromatic heterocycles. The molecule has 21 heavy (non-hydrogen) atoms. The minimum Gasteiger partial charge on any atom is -0.550 e. The van der Waals surface area contributed by atoms with E-state index in [4.69, 9.17) is 11.6 Å². The zero-order valence-electron chi connectivity index (χ0n) is 11.1. The lowest BCUT2D eigenvalue weighted by Crippen LogP contribution is -2.43. The molecule has 0 radical (unpaired) electrons. The zero-order valence-corrected chi connectivity index (χ0v) is 11.9. The first kappa shape index (κ1) is 14.3. The van der Waals surface area contributed by atoms with Crippen LogP contribution >= 0.6 is 11.6 Å². The molecule has 1 aromatic rings. The van der Waals surface area contributed by atoms with Crippen molar-refractivity contribution < 1.29 is 19.1 Å². The van der Waals surface area contributed by atoms with Gasteiger partial charge in [0.25, 0.3) is 0 Å². The van der Waals surface area contributed by atoms with Crippen LogP contribution in [-0.4, -0.2) is 11.9 Å². The molecule has 0 unspecified atom stereocenters. The number of amides is 1. The molecule has 0 heterocycles. The Kier molecular flexibility index (Phi) is 3.61. The van der Waals surface area contributed by atoms with Gasteiger partial charge in [0, 0.05) is 23.5 Å². The predicted octanol–water partition coefficient (Wildman–Crippen LogP) is 1.83. The Hall–Kier alpha value is -1.62. The molecule has 2 aliphatic carbocycles. The van der Waals surface area contributed by atoms with Crippen LogP contribution in [0.15, 0.2) is 18.2 Å². The van der Waals surface area contributed by atoms with Crippen molar-refractivity contribution in [2.24, 2.45) is 23.7 Å². The summed E-state index contributed by atoms with van der Waals surface area (Å²) in [4.78, 5) is 23.7. The molecule has 4 atom stereocenters. The van der Waals surface area contributed by atoms with E-state index in [1.165, 1.54) is 12.1 Å². The van der Waals surface area contributed by atoms with Crippen molar-refractivity contribution in [2.45, 2.75) is 19.3 Å². The molecule has 2 fully saturated rings. The van der Waals surface area contributed by atoms with Gasteiger partial charge in [0.05, 0.1) is 5.02 Å². The standard InChI is InChI=1S/C15H15ClFNO3/c16-10-6-9(3-4-11(10)17)18-14(19)12-7-1-2-8(5-7)13(12)15(20)21/h3-4,6-8,12-13H,1-2,5H2,(H,18,19)(H,20,21)/p-1/t7-,8+,12-,13+/m1/s1. The molecule has 1 amide bonds. The third-order valence-corrected chi connectivity index (χ3v) is 4.97. The van der Waals surface area contributed by atoms with E-state index >= 15 is 0 Å². The van der Waals surface area contributed by atoms with Crippen LogP contribution in [0.3, 0.4) is 0 Å². The molecule has 4 nitrogen and oxygen atoms in total. The van der Waals surface area contributed by atoms with Gasteiger partial charge in [0.2, 0.25) is 5.91 Å². The number of anilines is 1. The van der Waals surface area contributed by atoms with Crippen molar-refractivity contribution in [3.05, 3.63) is 29.0 Å². The lowest BCUT2D eigenvalue weighted by molar-refractivity contribution is -0.314. The molecule has 112 valence electrons. The summed E-state index contributed by atoms with van der Waals surface area (Å²) in [7, 11) is 0. The smallest absolute Gasteiger partial charge is 0.228 e. The summed E-state index contributed by atoms with van der Waals surface area (Å²) < 4.78 is 13.1. The average molecular weight is 311 g/mol. The lowest BCUT2D eigenvalue weighted by atomic mass is 9.78. The third-order valence-electron chi connectivity index (χ3n) is 4.68. The minimum atomic E-state index is -1.15. The molecule has 6 heteroatoms. The van der Waals surface area contributed by atoms with Crippen LogP contribution in [0, 0.1) is 29.5 Å². The number of benzene rings is 1. The Morgan fingerprint density at radius 1 is 1.24 bits per heavy atom.